The smallest absolute Gasteiger partial charge is 0.257 e. The number of H-pyrrole nitrogens is 1. The van der Waals surface area contributed by atoms with E-state index in [-0.39, 0.29) is 17.5 Å². The van der Waals surface area contributed by atoms with Crippen LogP contribution in [0.15, 0.2) is 72.9 Å². The van der Waals surface area contributed by atoms with E-state index >= 15 is 0 Å². The molecule has 1 heterocycles. The van der Waals surface area contributed by atoms with Crippen LogP contribution in [0.25, 0.3) is 10.9 Å². The lowest BCUT2D eigenvalue weighted by Gasteiger charge is -2.29. The number of halogens is 1. The number of nitrogens with one attached hydrogen (secondary N) is 1. The van der Waals surface area contributed by atoms with Crippen molar-refractivity contribution in [3.8, 4) is 0 Å². The first-order valence-electron chi connectivity index (χ1n) is 10.3. The van der Waals surface area contributed by atoms with Crippen molar-refractivity contribution in [2.24, 2.45) is 0 Å². The van der Waals surface area contributed by atoms with E-state index < -0.39 is 5.82 Å². The van der Waals surface area contributed by atoms with Crippen molar-refractivity contribution >= 4 is 16.8 Å². The zero-order valence-corrected chi connectivity index (χ0v) is 16.9. The Morgan fingerprint density at radius 2 is 1.73 bits per heavy atom. The first-order chi connectivity index (χ1) is 14.6. The summed E-state index contributed by atoms with van der Waals surface area (Å²) in [5, 5.41) is 1.09. The third-order valence-electron chi connectivity index (χ3n) is 6.10. The summed E-state index contributed by atoms with van der Waals surface area (Å²) in [6, 6.07) is 21.1. The molecule has 1 amide bonds. The van der Waals surface area contributed by atoms with Gasteiger partial charge in [-0.15, -0.1) is 0 Å². The summed E-state index contributed by atoms with van der Waals surface area (Å²) in [7, 11) is 0. The third kappa shape index (κ3) is 3.28. The van der Waals surface area contributed by atoms with Crippen LogP contribution in [0, 0.1) is 12.7 Å². The van der Waals surface area contributed by atoms with Crippen molar-refractivity contribution in [1.82, 2.24) is 9.88 Å². The van der Waals surface area contributed by atoms with Gasteiger partial charge in [-0.1, -0.05) is 54.1 Å². The summed E-state index contributed by atoms with van der Waals surface area (Å²) in [6.45, 7) is 2.32. The number of rotatable bonds is 4. The molecule has 0 saturated heterocycles. The van der Waals surface area contributed by atoms with Gasteiger partial charge in [0.1, 0.15) is 5.82 Å². The van der Waals surface area contributed by atoms with E-state index in [9.17, 15) is 9.18 Å². The predicted octanol–water partition coefficient (Wildman–Crippen LogP) is 5.43. The molecule has 1 aliphatic carbocycles. The molecule has 4 heteroatoms. The second-order valence-electron chi connectivity index (χ2n) is 8.11. The fraction of sp³-hybridized carbons (Fsp3) is 0.192. The minimum absolute atomic E-state index is 0.00322. The lowest BCUT2D eigenvalue weighted by Crippen LogP contribution is -2.40. The van der Waals surface area contributed by atoms with Gasteiger partial charge in [-0.05, 0) is 54.7 Å². The summed E-state index contributed by atoms with van der Waals surface area (Å²) < 4.78 is 14.6. The van der Waals surface area contributed by atoms with E-state index in [2.05, 4.69) is 23.2 Å². The highest BCUT2D eigenvalue weighted by atomic mass is 19.1. The van der Waals surface area contributed by atoms with Crippen molar-refractivity contribution in [1.29, 1.82) is 0 Å². The number of aryl methyl sites for hydroxylation is 1. The second-order valence-corrected chi connectivity index (χ2v) is 8.11. The standard InChI is InChI=1S/C26H23FN2O/c1-17-10-11-24(27)23(12-17)26(30)29(21-13-18-6-2-3-7-19(18)14-21)16-20-15-28-25-9-5-4-8-22(20)25/h2-12,15,21,28H,13-14,16H2,1H3. The van der Waals surface area contributed by atoms with Gasteiger partial charge < -0.3 is 9.88 Å². The van der Waals surface area contributed by atoms with Crippen molar-refractivity contribution < 1.29 is 9.18 Å². The number of carbonyl (C=O) groups is 1. The van der Waals surface area contributed by atoms with Gasteiger partial charge in [-0.3, -0.25) is 4.79 Å². The van der Waals surface area contributed by atoms with Crippen molar-refractivity contribution in [3.63, 3.8) is 0 Å². The molecule has 0 atom stereocenters. The van der Waals surface area contributed by atoms with Gasteiger partial charge in [-0.2, -0.15) is 0 Å². The van der Waals surface area contributed by atoms with Gasteiger partial charge in [0.25, 0.3) is 5.91 Å². The molecular weight excluding hydrogens is 375 g/mol. The Morgan fingerprint density at radius 3 is 2.50 bits per heavy atom. The minimum Gasteiger partial charge on any atom is -0.361 e. The molecule has 0 radical (unpaired) electrons. The molecule has 1 aliphatic rings. The Kier molecular flexibility index (Phi) is 4.62. The minimum atomic E-state index is -0.468. The largest absolute Gasteiger partial charge is 0.361 e. The van der Waals surface area contributed by atoms with Crippen LogP contribution < -0.4 is 0 Å². The van der Waals surface area contributed by atoms with Crippen LogP contribution in [-0.2, 0) is 19.4 Å². The van der Waals surface area contributed by atoms with E-state index in [0.29, 0.717) is 6.54 Å². The summed E-state index contributed by atoms with van der Waals surface area (Å²) in [5.74, 6) is -0.718. The number of fused-ring (bicyclic) bond motifs is 2. The molecule has 0 aliphatic heterocycles. The SMILES string of the molecule is Cc1ccc(F)c(C(=O)N(Cc2c[nH]c3ccccc23)C2Cc3ccccc3C2)c1. The van der Waals surface area contributed by atoms with Gasteiger partial charge in [0.15, 0.2) is 0 Å². The maximum Gasteiger partial charge on any atom is 0.257 e. The fourth-order valence-corrected chi connectivity index (χ4v) is 4.53. The molecular formula is C26H23FN2O. The van der Waals surface area contributed by atoms with Crippen molar-refractivity contribution in [3.05, 3.63) is 107 Å². The Morgan fingerprint density at radius 1 is 1.03 bits per heavy atom. The second kappa shape index (κ2) is 7.45. The van der Waals surface area contributed by atoms with Crippen LogP contribution in [-0.4, -0.2) is 21.8 Å². The van der Waals surface area contributed by atoms with Crippen LogP contribution in [0.1, 0.15) is 32.6 Å². The zero-order valence-electron chi connectivity index (χ0n) is 16.9. The summed E-state index contributed by atoms with van der Waals surface area (Å²) >= 11 is 0. The molecule has 1 aromatic heterocycles. The average Bonchev–Trinajstić information content (AvgIpc) is 3.37. The molecule has 30 heavy (non-hydrogen) atoms. The zero-order chi connectivity index (χ0) is 20.7. The highest BCUT2D eigenvalue weighted by Crippen LogP contribution is 2.30. The Labute approximate surface area is 175 Å². The van der Waals surface area contributed by atoms with E-state index in [1.54, 1.807) is 12.1 Å². The molecule has 0 spiro atoms. The van der Waals surface area contributed by atoms with E-state index in [4.69, 9.17) is 0 Å². The Balaban J connectivity index is 1.54. The maximum atomic E-state index is 14.6. The lowest BCUT2D eigenvalue weighted by atomic mass is 10.1. The number of amides is 1. The molecule has 3 aromatic carbocycles. The van der Waals surface area contributed by atoms with E-state index in [1.807, 2.05) is 48.4 Å². The number of benzene rings is 3. The average molecular weight is 398 g/mol. The number of para-hydroxylation sites is 1. The van der Waals surface area contributed by atoms with Crippen LogP contribution in [0.3, 0.4) is 0 Å². The van der Waals surface area contributed by atoms with Crippen LogP contribution >= 0.6 is 0 Å². The fourth-order valence-electron chi connectivity index (χ4n) is 4.53. The van der Waals surface area contributed by atoms with E-state index in [1.165, 1.54) is 17.2 Å². The normalized spacial score (nSPS) is 13.5. The van der Waals surface area contributed by atoms with E-state index in [0.717, 1.165) is 34.9 Å². The van der Waals surface area contributed by atoms with Crippen molar-refractivity contribution in [2.45, 2.75) is 32.4 Å². The molecule has 5 rings (SSSR count). The van der Waals surface area contributed by atoms with Crippen LogP contribution in [0.5, 0.6) is 0 Å². The first-order valence-corrected chi connectivity index (χ1v) is 10.3. The summed E-state index contributed by atoms with van der Waals surface area (Å²) in [5.41, 5.74) is 5.64. The van der Waals surface area contributed by atoms with Crippen molar-refractivity contribution in [2.75, 3.05) is 0 Å². The van der Waals surface area contributed by atoms with Gasteiger partial charge in [0.05, 0.1) is 5.56 Å². The van der Waals surface area contributed by atoms with Gasteiger partial charge in [-0.25, -0.2) is 4.39 Å². The number of hydrogen-bond acceptors (Lipinski definition) is 1. The molecule has 150 valence electrons. The molecule has 0 saturated carbocycles. The number of nitrogens with zero attached hydrogens (tertiary/aromatic N) is 1. The number of aromatic amines is 1. The Hall–Kier alpha value is -3.40. The molecule has 0 bridgehead atoms. The highest BCUT2D eigenvalue weighted by molar-refractivity contribution is 5.95. The third-order valence-corrected chi connectivity index (χ3v) is 6.10. The van der Waals surface area contributed by atoms with Crippen LogP contribution in [0.4, 0.5) is 4.39 Å². The molecule has 4 aromatic rings. The topological polar surface area (TPSA) is 36.1 Å². The van der Waals surface area contributed by atoms with Gasteiger partial charge in [0.2, 0.25) is 0 Å². The number of hydrogen-bond donors (Lipinski definition) is 1. The summed E-state index contributed by atoms with van der Waals surface area (Å²) in [6.07, 6.45) is 3.54. The quantitative estimate of drug-likeness (QED) is 0.489. The number of aromatic nitrogens is 1. The first kappa shape index (κ1) is 18.6. The van der Waals surface area contributed by atoms with Gasteiger partial charge in [0, 0.05) is 29.7 Å². The predicted molar refractivity (Wildman–Crippen MR) is 117 cm³/mol. The molecule has 0 unspecified atom stereocenters. The Bertz CT molecular complexity index is 1220. The monoisotopic (exact) mass is 398 g/mol. The molecule has 3 nitrogen and oxygen atoms in total. The molecule has 0 fully saturated rings. The highest BCUT2D eigenvalue weighted by Gasteiger charge is 2.32. The van der Waals surface area contributed by atoms with Crippen LogP contribution in [0.2, 0.25) is 0 Å². The maximum absolute atomic E-state index is 14.6. The lowest BCUT2D eigenvalue weighted by molar-refractivity contribution is 0.0664. The molecule has 1 N–H and O–H groups in total. The van der Waals surface area contributed by atoms with Gasteiger partial charge >= 0.3 is 0 Å². The summed E-state index contributed by atoms with van der Waals surface area (Å²) in [4.78, 5) is 18.7. The number of carbonyl (C=O) groups excluding carboxylic acids is 1.